The fraction of sp³-hybridized carbons (Fsp3) is 0. The van der Waals surface area contributed by atoms with Crippen molar-refractivity contribution in [3.63, 3.8) is 0 Å². The Morgan fingerprint density at radius 2 is 1.88 bits per heavy atom. The van der Waals surface area contributed by atoms with Crippen molar-refractivity contribution in [2.45, 2.75) is 0 Å². The van der Waals surface area contributed by atoms with E-state index in [0.717, 1.165) is 11.1 Å². The quantitative estimate of drug-likeness (QED) is 0.543. The molecule has 0 saturated carbocycles. The lowest BCUT2D eigenvalue weighted by Crippen LogP contribution is -2.17. The molecule has 0 bridgehead atoms. The standard InChI is InChI=1S/C17H12Cl2N4O/c18-12-7-5-11(6-8-12)10-20-23-17(24)16-9-15(21-22-16)13-3-1-2-4-14(13)19/h1-10H,(H,21,22)(H,23,24)/b20-10-. The number of aromatic nitrogens is 2. The zero-order valence-electron chi connectivity index (χ0n) is 12.3. The van der Waals surface area contributed by atoms with Crippen LogP contribution in [0.5, 0.6) is 0 Å². The van der Waals surface area contributed by atoms with Crippen molar-refractivity contribution in [1.29, 1.82) is 0 Å². The summed E-state index contributed by atoms with van der Waals surface area (Å²) < 4.78 is 0. The van der Waals surface area contributed by atoms with Crippen molar-refractivity contribution in [2.75, 3.05) is 0 Å². The largest absolute Gasteiger partial charge is 0.289 e. The zero-order chi connectivity index (χ0) is 16.9. The van der Waals surface area contributed by atoms with Crippen LogP contribution in [0, 0.1) is 0 Å². The molecule has 7 heteroatoms. The minimum Gasteiger partial charge on any atom is -0.272 e. The van der Waals surface area contributed by atoms with Gasteiger partial charge >= 0.3 is 0 Å². The third-order valence-corrected chi connectivity index (χ3v) is 3.80. The van der Waals surface area contributed by atoms with Gasteiger partial charge in [0.15, 0.2) is 0 Å². The van der Waals surface area contributed by atoms with Gasteiger partial charge in [-0.3, -0.25) is 9.89 Å². The summed E-state index contributed by atoms with van der Waals surface area (Å²) in [6.07, 6.45) is 1.53. The molecule has 1 heterocycles. The number of hydrogen-bond acceptors (Lipinski definition) is 3. The summed E-state index contributed by atoms with van der Waals surface area (Å²) in [5.41, 5.74) is 4.88. The molecule has 3 rings (SSSR count). The van der Waals surface area contributed by atoms with Gasteiger partial charge in [-0.25, -0.2) is 5.43 Å². The van der Waals surface area contributed by atoms with E-state index in [4.69, 9.17) is 23.2 Å². The van der Waals surface area contributed by atoms with Crippen LogP contribution in [0.2, 0.25) is 10.0 Å². The van der Waals surface area contributed by atoms with Gasteiger partial charge in [0.05, 0.1) is 16.9 Å². The maximum atomic E-state index is 12.1. The monoisotopic (exact) mass is 358 g/mol. The number of carbonyl (C=O) groups excluding carboxylic acids is 1. The number of H-pyrrole nitrogens is 1. The fourth-order valence-corrected chi connectivity index (χ4v) is 2.38. The van der Waals surface area contributed by atoms with E-state index in [1.54, 1.807) is 36.4 Å². The Bertz CT molecular complexity index is 888. The van der Waals surface area contributed by atoms with Crippen LogP contribution >= 0.6 is 23.2 Å². The van der Waals surface area contributed by atoms with E-state index in [1.807, 2.05) is 18.2 Å². The molecule has 1 aromatic heterocycles. The molecule has 3 aromatic rings. The highest BCUT2D eigenvalue weighted by Crippen LogP contribution is 2.26. The van der Waals surface area contributed by atoms with Crippen molar-refractivity contribution >= 4 is 35.3 Å². The second-order valence-corrected chi connectivity index (χ2v) is 5.74. The predicted octanol–water partition coefficient (Wildman–Crippen LogP) is 4.15. The predicted molar refractivity (Wildman–Crippen MR) is 95.5 cm³/mol. The number of hydrazone groups is 1. The lowest BCUT2D eigenvalue weighted by Gasteiger charge is -1.98. The second-order valence-electron chi connectivity index (χ2n) is 4.90. The highest BCUT2D eigenvalue weighted by molar-refractivity contribution is 6.33. The molecular weight excluding hydrogens is 347 g/mol. The minimum absolute atomic E-state index is 0.290. The van der Waals surface area contributed by atoms with Crippen LogP contribution in [-0.4, -0.2) is 22.3 Å². The molecule has 0 aliphatic carbocycles. The number of nitrogens with zero attached hydrogens (tertiary/aromatic N) is 2. The van der Waals surface area contributed by atoms with Crippen LogP contribution in [0.1, 0.15) is 16.1 Å². The highest BCUT2D eigenvalue weighted by Gasteiger charge is 2.12. The number of halogens is 2. The zero-order valence-corrected chi connectivity index (χ0v) is 13.8. The Morgan fingerprint density at radius 3 is 2.62 bits per heavy atom. The van der Waals surface area contributed by atoms with Crippen molar-refractivity contribution in [2.24, 2.45) is 5.10 Å². The van der Waals surface area contributed by atoms with E-state index in [9.17, 15) is 4.79 Å². The maximum Gasteiger partial charge on any atom is 0.289 e. The summed E-state index contributed by atoms with van der Waals surface area (Å²) in [5, 5.41) is 11.9. The molecule has 5 nitrogen and oxygen atoms in total. The third kappa shape index (κ3) is 3.82. The Kier molecular flexibility index (Phi) is 4.93. The van der Waals surface area contributed by atoms with Crippen molar-refractivity contribution in [1.82, 2.24) is 15.6 Å². The number of benzene rings is 2. The van der Waals surface area contributed by atoms with E-state index in [2.05, 4.69) is 20.7 Å². The first-order chi connectivity index (χ1) is 11.6. The van der Waals surface area contributed by atoms with Crippen LogP contribution < -0.4 is 5.43 Å². The van der Waals surface area contributed by atoms with Gasteiger partial charge in [0.25, 0.3) is 5.91 Å². The molecule has 120 valence electrons. The normalized spacial score (nSPS) is 10.9. The summed E-state index contributed by atoms with van der Waals surface area (Å²) in [7, 11) is 0. The minimum atomic E-state index is -0.397. The van der Waals surface area contributed by atoms with Gasteiger partial charge in [0.1, 0.15) is 5.69 Å². The Morgan fingerprint density at radius 1 is 1.12 bits per heavy atom. The Balaban J connectivity index is 1.68. The third-order valence-electron chi connectivity index (χ3n) is 3.22. The van der Waals surface area contributed by atoms with Gasteiger partial charge in [0.2, 0.25) is 0 Å². The number of rotatable bonds is 4. The van der Waals surface area contributed by atoms with Gasteiger partial charge in [0, 0.05) is 10.6 Å². The first kappa shape index (κ1) is 16.2. The number of carbonyl (C=O) groups is 1. The van der Waals surface area contributed by atoms with Crippen molar-refractivity contribution in [3.8, 4) is 11.3 Å². The molecular formula is C17H12Cl2N4O. The fourth-order valence-electron chi connectivity index (χ4n) is 2.02. The molecule has 0 aliphatic heterocycles. The van der Waals surface area contributed by atoms with E-state index < -0.39 is 5.91 Å². The summed E-state index contributed by atoms with van der Waals surface area (Å²) in [4.78, 5) is 12.1. The first-order valence-electron chi connectivity index (χ1n) is 7.03. The van der Waals surface area contributed by atoms with Crippen LogP contribution in [0.15, 0.2) is 59.7 Å². The highest BCUT2D eigenvalue weighted by atomic mass is 35.5. The molecule has 24 heavy (non-hydrogen) atoms. The molecule has 1 amide bonds. The number of amides is 1. The number of aromatic amines is 1. The van der Waals surface area contributed by atoms with Gasteiger partial charge in [-0.1, -0.05) is 53.5 Å². The summed E-state index contributed by atoms with van der Waals surface area (Å²) in [6.45, 7) is 0. The summed E-state index contributed by atoms with van der Waals surface area (Å²) in [6, 6.07) is 16.0. The van der Waals surface area contributed by atoms with Crippen LogP contribution in [0.4, 0.5) is 0 Å². The smallest absolute Gasteiger partial charge is 0.272 e. The average Bonchev–Trinajstić information content (AvgIpc) is 3.07. The van der Waals surface area contributed by atoms with Crippen LogP contribution in [0.3, 0.4) is 0 Å². The molecule has 2 N–H and O–H groups in total. The molecule has 0 aliphatic rings. The molecule has 0 atom stereocenters. The van der Waals surface area contributed by atoms with Gasteiger partial charge in [-0.15, -0.1) is 0 Å². The molecule has 0 radical (unpaired) electrons. The van der Waals surface area contributed by atoms with Gasteiger partial charge in [-0.2, -0.15) is 10.2 Å². The SMILES string of the molecule is O=C(N/N=C\c1ccc(Cl)cc1)c1cc(-c2ccccc2Cl)n[nH]1. The molecule has 0 fully saturated rings. The maximum absolute atomic E-state index is 12.1. The topological polar surface area (TPSA) is 70.1 Å². The second kappa shape index (κ2) is 7.29. The lowest BCUT2D eigenvalue weighted by atomic mass is 10.1. The van der Waals surface area contributed by atoms with E-state index in [-0.39, 0.29) is 5.69 Å². The molecule has 2 aromatic carbocycles. The summed E-state index contributed by atoms with van der Waals surface area (Å²) in [5.74, 6) is -0.397. The van der Waals surface area contributed by atoms with Crippen molar-refractivity contribution < 1.29 is 4.79 Å². The first-order valence-corrected chi connectivity index (χ1v) is 7.78. The summed E-state index contributed by atoms with van der Waals surface area (Å²) >= 11 is 11.9. The van der Waals surface area contributed by atoms with Crippen molar-refractivity contribution in [3.05, 3.63) is 75.9 Å². The number of hydrogen-bond donors (Lipinski definition) is 2. The molecule has 0 unspecified atom stereocenters. The van der Waals surface area contributed by atoms with E-state index >= 15 is 0 Å². The lowest BCUT2D eigenvalue weighted by molar-refractivity contribution is 0.0950. The van der Waals surface area contributed by atoms with Gasteiger partial charge in [-0.05, 0) is 29.8 Å². The average molecular weight is 359 g/mol. The van der Waals surface area contributed by atoms with Gasteiger partial charge < -0.3 is 0 Å². The van der Waals surface area contributed by atoms with E-state index in [1.165, 1.54) is 6.21 Å². The molecule has 0 spiro atoms. The Labute approximate surface area is 148 Å². The van der Waals surface area contributed by atoms with Crippen LogP contribution in [0.25, 0.3) is 11.3 Å². The van der Waals surface area contributed by atoms with Crippen LogP contribution in [-0.2, 0) is 0 Å². The number of nitrogens with one attached hydrogen (secondary N) is 2. The molecule has 0 saturated heterocycles. The van der Waals surface area contributed by atoms with E-state index in [0.29, 0.717) is 15.7 Å². The Hall–Kier alpha value is -2.63.